The van der Waals surface area contributed by atoms with Crippen LogP contribution in [0, 0.1) is 13.8 Å². The second kappa shape index (κ2) is 2.73. The fourth-order valence-corrected chi connectivity index (χ4v) is 1.94. The minimum Gasteiger partial charge on any atom is -0.321 e. The first-order valence-electron chi connectivity index (χ1n) is 4.59. The summed E-state index contributed by atoms with van der Waals surface area (Å²) in [6.45, 7) is 4.10. The van der Waals surface area contributed by atoms with Gasteiger partial charge in [-0.3, -0.25) is 0 Å². The molecule has 0 heterocycles. The summed E-state index contributed by atoms with van der Waals surface area (Å²) in [6, 6.07) is 4.14. The summed E-state index contributed by atoms with van der Waals surface area (Å²) in [7, 11) is 0. The molecule has 1 nitrogen and oxygen atoms in total. The van der Waals surface area contributed by atoms with Gasteiger partial charge >= 0.3 is 0 Å². The molecule has 0 radical (unpaired) electrons. The molecule has 1 saturated carbocycles. The largest absolute Gasteiger partial charge is 0.321 e. The van der Waals surface area contributed by atoms with Crippen molar-refractivity contribution in [3.8, 4) is 0 Å². The van der Waals surface area contributed by atoms with Gasteiger partial charge in [0.2, 0.25) is 0 Å². The molecule has 0 aliphatic heterocycles. The summed E-state index contributed by atoms with van der Waals surface area (Å²) >= 11 is 6.02. The number of hydrogen-bond donors (Lipinski definition) is 1. The molecule has 0 aromatic heterocycles. The van der Waals surface area contributed by atoms with Crippen LogP contribution in [0.15, 0.2) is 12.1 Å². The summed E-state index contributed by atoms with van der Waals surface area (Å²) < 4.78 is 0. The molecule has 0 atom stereocenters. The van der Waals surface area contributed by atoms with Gasteiger partial charge in [0.15, 0.2) is 0 Å². The lowest BCUT2D eigenvalue weighted by atomic mass is 9.98. The molecule has 70 valence electrons. The summed E-state index contributed by atoms with van der Waals surface area (Å²) in [6.07, 6.45) is 2.21. The van der Waals surface area contributed by atoms with E-state index in [1.165, 1.54) is 11.1 Å². The molecule has 2 rings (SSSR count). The van der Waals surface area contributed by atoms with Gasteiger partial charge in [-0.1, -0.05) is 17.7 Å². The fourth-order valence-electron chi connectivity index (χ4n) is 1.72. The maximum Gasteiger partial charge on any atom is 0.0438 e. The normalized spacial score (nSPS) is 18.8. The number of benzene rings is 1. The molecule has 13 heavy (non-hydrogen) atoms. The van der Waals surface area contributed by atoms with Gasteiger partial charge in [0.25, 0.3) is 0 Å². The minimum absolute atomic E-state index is 0.0422. The quantitative estimate of drug-likeness (QED) is 0.733. The van der Waals surface area contributed by atoms with E-state index in [-0.39, 0.29) is 5.54 Å². The van der Waals surface area contributed by atoms with E-state index in [0.29, 0.717) is 0 Å². The van der Waals surface area contributed by atoms with Gasteiger partial charge in [0.05, 0.1) is 0 Å². The maximum absolute atomic E-state index is 6.14. The first-order chi connectivity index (χ1) is 6.03. The summed E-state index contributed by atoms with van der Waals surface area (Å²) in [5.74, 6) is 0. The van der Waals surface area contributed by atoms with Crippen molar-refractivity contribution in [3.63, 3.8) is 0 Å². The SMILES string of the molecule is Cc1cc(C2(N)CC2)c(C)cc1Cl. The van der Waals surface area contributed by atoms with E-state index in [4.69, 9.17) is 17.3 Å². The van der Waals surface area contributed by atoms with Crippen LogP contribution in [-0.2, 0) is 5.54 Å². The first-order valence-corrected chi connectivity index (χ1v) is 4.97. The van der Waals surface area contributed by atoms with Crippen LogP contribution in [-0.4, -0.2) is 0 Å². The van der Waals surface area contributed by atoms with Gasteiger partial charge in [-0.05, 0) is 49.4 Å². The third kappa shape index (κ3) is 1.47. The average molecular weight is 196 g/mol. The Kier molecular flexibility index (Phi) is 1.90. The highest BCUT2D eigenvalue weighted by Crippen LogP contribution is 2.44. The van der Waals surface area contributed by atoms with Crippen LogP contribution in [0.5, 0.6) is 0 Å². The number of halogens is 1. The van der Waals surface area contributed by atoms with Crippen LogP contribution in [0.25, 0.3) is 0 Å². The molecule has 0 amide bonds. The Bertz CT molecular complexity index is 353. The van der Waals surface area contributed by atoms with Crippen LogP contribution < -0.4 is 5.73 Å². The number of rotatable bonds is 1. The van der Waals surface area contributed by atoms with E-state index in [0.717, 1.165) is 23.4 Å². The van der Waals surface area contributed by atoms with Crippen molar-refractivity contribution < 1.29 is 0 Å². The lowest BCUT2D eigenvalue weighted by molar-refractivity contribution is 0.732. The molecule has 1 aliphatic carbocycles. The van der Waals surface area contributed by atoms with Crippen molar-refractivity contribution >= 4 is 11.6 Å². The molecule has 0 bridgehead atoms. The average Bonchev–Trinajstić information content (AvgIpc) is 2.77. The first kappa shape index (κ1) is 9.04. The summed E-state index contributed by atoms with van der Waals surface area (Å²) in [4.78, 5) is 0. The molecule has 1 aromatic rings. The van der Waals surface area contributed by atoms with Gasteiger partial charge in [0, 0.05) is 10.6 Å². The van der Waals surface area contributed by atoms with Crippen molar-refractivity contribution in [1.29, 1.82) is 0 Å². The molecule has 1 aromatic carbocycles. The third-order valence-corrected chi connectivity index (χ3v) is 3.24. The highest BCUT2D eigenvalue weighted by atomic mass is 35.5. The predicted molar refractivity (Wildman–Crippen MR) is 56.0 cm³/mol. The Morgan fingerprint density at radius 2 is 1.85 bits per heavy atom. The molecule has 2 heteroatoms. The highest BCUT2D eigenvalue weighted by molar-refractivity contribution is 6.31. The Morgan fingerprint density at radius 1 is 1.23 bits per heavy atom. The molecule has 2 N–H and O–H groups in total. The molecular formula is C11H14ClN. The third-order valence-electron chi connectivity index (χ3n) is 2.83. The lowest BCUT2D eigenvalue weighted by Gasteiger charge is -2.14. The number of aryl methyl sites for hydroxylation is 2. The van der Waals surface area contributed by atoms with Crippen LogP contribution >= 0.6 is 11.6 Å². The van der Waals surface area contributed by atoms with Crippen molar-refractivity contribution in [2.45, 2.75) is 32.2 Å². The van der Waals surface area contributed by atoms with Gasteiger partial charge in [-0.25, -0.2) is 0 Å². The lowest BCUT2D eigenvalue weighted by Crippen LogP contribution is -2.20. The van der Waals surface area contributed by atoms with Crippen LogP contribution in [0.3, 0.4) is 0 Å². The summed E-state index contributed by atoms with van der Waals surface area (Å²) in [5.41, 5.74) is 9.72. The fraction of sp³-hybridized carbons (Fsp3) is 0.455. The van der Waals surface area contributed by atoms with E-state index in [2.05, 4.69) is 13.0 Å². The van der Waals surface area contributed by atoms with Crippen molar-refractivity contribution in [3.05, 3.63) is 33.8 Å². The van der Waals surface area contributed by atoms with E-state index in [9.17, 15) is 0 Å². The van der Waals surface area contributed by atoms with Gasteiger partial charge in [-0.15, -0.1) is 0 Å². The van der Waals surface area contributed by atoms with E-state index in [1.807, 2.05) is 13.0 Å². The second-order valence-corrected chi connectivity index (χ2v) is 4.48. The Morgan fingerprint density at radius 3 is 2.38 bits per heavy atom. The van der Waals surface area contributed by atoms with E-state index in [1.54, 1.807) is 0 Å². The maximum atomic E-state index is 6.14. The van der Waals surface area contributed by atoms with Gasteiger partial charge in [0.1, 0.15) is 0 Å². The topological polar surface area (TPSA) is 26.0 Å². The van der Waals surface area contributed by atoms with Crippen LogP contribution in [0.2, 0.25) is 5.02 Å². The molecule has 0 saturated heterocycles. The zero-order valence-electron chi connectivity index (χ0n) is 8.02. The standard InChI is InChI=1S/C11H14ClN/c1-7-6-10(12)8(2)5-9(7)11(13)3-4-11/h5-6H,3-4,13H2,1-2H3. The van der Waals surface area contributed by atoms with Gasteiger partial charge in [-0.2, -0.15) is 0 Å². The highest BCUT2D eigenvalue weighted by Gasteiger charge is 2.41. The summed E-state index contributed by atoms with van der Waals surface area (Å²) in [5, 5.41) is 0.838. The molecule has 1 fully saturated rings. The Labute approximate surface area is 83.9 Å². The zero-order chi connectivity index (χ0) is 9.64. The van der Waals surface area contributed by atoms with E-state index < -0.39 is 0 Å². The van der Waals surface area contributed by atoms with Gasteiger partial charge < -0.3 is 5.73 Å². The Balaban J connectivity index is 2.52. The van der Waals surface area contributed by atoms with Crippen molar-refractivity contribution in [2.24, 2.45) is 5.73 Å². The van der Waals surface area contributed by atoms with E-state index >= 15 is 0 Å². The molecule has 0 unspecified atom stereocenters. The van der Waals surface area contributed by atoms with Crippen LogP contribution in [0.1, 0.15) is 29.5 Å². The number of nitrogens with two attached hydrogens (primary N) is 1. The second-order valence-electron chi connectivity index (χ2n) is 4.07. The zero-order valence-corrected chi connectivity index (χ0v) is 8.78. The molecule has 0 spiro atoms. The van der Waals surface area contributed by atoms with Crippen molar-refractivity contribution in [2.75, 3.05) is 0 Å². The van der Waals surface area contributed by atoms with Crippen LogP contribution in [0.4, 0.5) is 0 Å². The smallest absolute Gasteiger partial charge is 0.0438 e. The van der Waals surface area contributed by atoms with Crippen molar-refractivity contribution in [1.82, 2.24) is 0 Å². The Hall–Kier alpha value is -0.530. The number of hydrogen-bond acceptors (Lipinski definition) is 1. The molecule has 1 aliphatic rings. The minimum atomic E-state index is -0.0422. The predicted octanol–water partition coefficient (Wildman–Crippen LogP) is 2.90. The monoisotopic (exact) mass is 195 g/mol. The molecular weight excluding hydrogens is 182 g/mol.